The van der Waals surface area contributed by atoms with E-state index in [0.29, 0.717) is 5.75 Å². The molecule has 1 aromatic rings. The molecule has 1 atom stereocenters. The van der Waals surface area contributed by atoms with Crippen LogP contribution in [0.2, 0.25) is 0 Å². The number of hydrogen-bond donors (Lipinski definition) is 2. The highest BCUT2D eigenvalue weighted by molar-refractivity contribution is 5.75. The van der Waals surface area contributed by atoms with Gasteiger partial charge in [0.2, 0.25) is 0 Å². The molecule has 0 amide bonds. The molecular weight excluding hydrogens is 196 g/mol. The smallest absolute Gasteiger partial charge is 0.310 e. The molecule has 0 saturated carbocycles. The third-order valence-electron chi connectivity index (χ3n) is 2.11. The normalized spacial score (nSPS) is 12.1. The summed E-state index contributed by atoms with van der Waals surface area (Å²) >= 11 is 0. The van der Waals surface area contributed by atoms with Gasteiger partial charge in [-0.15, -0.1) is 0 Å². The van der Waals surface area contributed by atoms with Crippen molar-refractivity contribution in [1.82, 2.24) is 0 Å². The van der Waals surface area contributed by atoms with Gasteiger partial charge in [0.15, 0.2) is 0 Å². The van der Waals surface area contributed by atoms with E-state index in [1.54, 1.807) is 31.2 Å². The summed E-state index contributed by atoms with van der Waals surface area (Å²) in [5, 5.41) is 17.3. The van der Waals surface area contributed by atoms with Crippen molar-refractivity contribution in [1.29, 1.82) is 0 Å². The summed E-state index contributed by atoms with van der Waals surface area (Å²) < 4.78 is 5.15. The lowest BCUT2D eigenvalue weighted by atomic mass is 10.0. The Kier molecular flexibility index (Phi) is 4.12. The topological polar surface area (TPSA) is 66.8 Å². The van der Waals surface area contributed by atoms with Gasteiger partial charge in [-0.2, -0.15) is 0 Å². The molecule has 82 valence electrons. The first kappa shape index (κ1) is 11.5. The molecule has 0 aliphatic carbocycles. The molecule has 4 heteroatoms. The van der Waals surface area contributed by atoms with Crippen molar-refractivity contribution in [2.24, 2.45) is 0 Å². The van der Waals surface area contributed by atoms with E-state index < -0.39 is 11.9 Å². The van der Waals surface area contributed by atoms with Gasteiger partial charge in [0.05, 0.1) is 12.5 Å². The molecule has 0 spiro atoms. The van der Waals surface area contributed by atoms with Crippen molar-refractivity contribution in [2.45, 2.75) is 12.8 Å². The second-order valence-electron chi connectivity index (χ2n) is 3.20. The molecule has 1 aromatic carbocycles. The van der Waals surface area contributed by atoms with Crippen molar-refractivity contribution in [3.8, 4) is 5.75 Å². The zero-order valence-corrected chi connectivity index (χ0v) is 8.51. The lowest BCUT2D eigenvalue weighted by molar-refractivity contribution is -0.138. The van der Waals surface area contributed by atoms with Crippen LogP contribution in [0.4, 0.5) is 0 Å². The number of carbonyl (C=O) groups is 1. The summed E-state index contributed by atoms with van der Waals surface area (Å²) in [6, 6.07) is 6.83. The first-order valence-corrected chi connectivity index (χ1v) is 4.71. The highest BCUT2D eigenvalue weighted by Crippen LogP contribution is 2.19. The zero-order chi connectivity index (χ0) is 11.3. The molecule has 0 heterocycles. The molecular formula is C11H14O4. The molecule has 0 fully saturated rings. The highest BCUT2D eigenvalue weighted by Gasteiger charge is 2.12. The van der Waals surface area contributed by atoms with E-state index in [1.807, 2.05) is 0 Å². The Balaban J connectivity index is 2.67. The van der Waals surface area contributed by atoms with E-state index in [-0.39, 0.29) is 13.2 Å². The minimum absolute atomic E-state index is 0.0344. The standard InChI is InChI=1S/C11H14O4/c1-8(11(13)14)9-2-4-10(5-3-9)15-7-6-12/h2-5,8,12H,6-7H2,1H3,(H,13,14). The zero-order valence-electron chi connectivity index (χ0n) is 8.51. The fourth-order valence-corrected chi connectivity index (χ4v) is 1.16. The summed E-state index contributed by atoms with van der Waals surface area (Å²) in [4.78, 5) is 10.7. The summed E-state index contributed by atoms with van der Waals surface area (Å²) in [5.74, 6) is -0.735. The van der Waals surface area contributed by atoms with E-state index in [0.717, 1.165) is 5.56 Å². The van der Waals surface area contributed by atoms with E-state index in [1.165, 1.54) is 0 Å². The molecule has 2 N–H and O–H groups in total. The predicted molar refractivity (Wildman–Crippen MR) is 55.1 cm³/mol. The van der Waals surface area contributed by atoms with E-state index >= 15 is 0 Å². The quantitative estimate of drug-likeness (QED) is 0.767. The fourth-order valence-electron chi connectivity index (χ4n) is 1.16. The van der Waals surface area contributed by atoms with Crippen molar-refractivity contribution in [2.75, 3.05) is 13.2 Å². The lowest BCUT2D eigenvalue weighted by Gasteiger charge is -2.08. The van der Waals surface area contributed by atoms with E-state index in [9.17, 15) is 4.79 Å². The van der Waals surface area contributed by atoms with Gasteiger partial charge in [-0.3, -0.25) is 4.79 Å². The van der Waals surface area contributed by atoms with Gasteiger partial charge >= 0.3 is 5.97 Å². The third-order valence-corrected chi connectivity index (χ3v) is 2.11. The Morgan fingerprint density at radius 3 is 2.47 bits per heavy atom. The molecule has 0 aliphatic heterocycles. The minimum Gasteiger partial charge on any atom is -0.491 e. The van der Waals surface area contributed by atoms with Crippen molar-refractivity contribution in [3.63, 3.8) is 0 Å². The lowest BCUT2D eigenvalue weighted by Crippen LogP contribution is -2.07. The van der Waals surface area contributed by atoms with Crippen LogP contribution in [0.1, 0.15) is 18.4 Å². The summed E-state index contributed by atoms with van der Waals surface area (Å²) in [6.07, 6.45) is 0. The molecule has 0 radical (unpaired) electrons. The Morgan fingerprint density at radius 1 is 1.40 bits per heavy atom. The fraction of sp³-hybridized carbons (Fsp3) is 0.364. The van der Waals surface area contributed by atoms with Gasteiger partial charge < -0.3 is 14.9 Å². The Labute approximate surface area is 88.1 Å². The number of aliphatic hydroxyl groups is 1. The number of hydrogen-bond acceptors (Lipinski definition) is 3. The number of aliphatic carboxylic acids is 1. The first-order valence-electron chi connectivity index (χ1n) is 4.71. The highest BCUT2D eigenvalue weighted by atomic mass is 16.5. The van der Waals surface area contributed by atoms with Crippen LogP contribution in [0.5, 0.6) is 5.75 Å². The Bertz CT molecular complexity index is 318. The maximum absolute atomic E-state index is 10.7. The van der Waals surface area contributed by atoms with Crippen molar-refractivity contribution in [3.05, 3.63) is 29.8 Å². The Morgan fingerprint density at radius 2 is 2.00 bits per heavy atom. The SMILES string of the molecule is CC(C(=O)O)c1ccc(OCCO)cc1. The number of carboxylic acids is 1. The monoisotopic (exact) mass is 210 g/mol. The number of ether oxygens (including phenoxy) is 1. The molecule has 4 nitrogen and oxygen atoms in total. The second-order valence-corrected chi connectivity index (χ2v) is 3.20. The van der Waals surface area contributed by atoms with Crippen LogP contribution in [-0.2, 0) is 4.79 Å². The van der Waals surface area contributed by atoms with Crippen LogP contribution in [0.3, 0.4) is 0 Å². The maximum atomic E-state index is 10.7. The average molecular weight is 210 g/mol. The molecule has 15 heavy (non-hydrogen) atoms. The average Bonchev–Trinajstić information content (AvgIpc) is 2.26. The van der Waals surface area contributed by atoms with Crippen LogP contribution in [0, 0.1) is 0 Å². The molecule has 1 rings (SSSR count). The van der Waals surface area contributed by atoms with Gasteiger partial charge in [0.1, 0.15) is 12.4 Å². The van der Waals surface area contributed by atoms with Gasteiger partial charge in [0, 0.05) is 0 Å². The molecule has 0 aliphatic rings. The van der Waals surface area contributed by atoms with E-state index in [4.69, 9.17) is 14.9 Å². The second kappa shape index (κ2) is 5.36. The number of rotatable bonds is 5. The summed E-state index contributed by atoms with van der Waals surface area (Å²) in [7, 11) is 0. The van der Waals surface area contributed by atoms with Crippen LogP contribution in [-0.4, -0.2) is 29.4 Å². The summed E-state index contributed by atoms with van der Waals surface area (Å²) in [5.41, 5.74) is 0.735. The van der Waals surface area contributed by atoms with Gasteiger partial charge in [-0.05, 0) is 24.6 Å². The molecule has 0 saturated heterocycles. The largest absolute Gasteiger partial charge is 0.491 e. The summed E-state index contributed by atoms with van der Waals surface area (Å²) in [6.45, 7) is 1.84. The number of benzene rings is 1. The maximum Gasteiger partial charge on any atom is 0.310 e. The van der Waals surface area contributed by atoms with Gasteiger partial charge in [0.25, 0.3) is 0 Å². The number of carboxylic acid groups (broad SMARTS) is 1. The number of aliphatic hydroxyl groups excluding tert-OH is 1. The predicted octanol–water partition coefficient (Wildman–Crippen LogP) is 1.25. The van der Waals surface area contributed by atoms with E-state index in [2.05, 4.69) is 0 Å². The molecule has 0 bridgehead atoms. The first-order chi connectivity index (χ1) is 7.15. The minimum atomic E-state index is -0.848. The molecule has 0 aromatic heterocycles. The van der Waals surface area contributed by atoms with Gasteiger partial charge in [-0.25, -0.2) is 0 Å². The Hall–Kier alpha value is -1.55. The van der Waals surface area contributed by atoms with Crippen LogP contribution >= 0.6 is 0 Å². The van der Waals surface area contributed by atoms with Crippen LogP contribution < -0.4 is 4.74 Å². The third kappa shape index (κ3) is 3.25. The van der Waals surface area contributed by atoms with Crippen LogP contribution in [0.25, 0.3) is 0 Å². The van der Waals surface area contributed by atoms with Gasteiger partial charge in [-0.1, -0.05) is 12.1 Å². The van der Waals surface area contributed by atoms with Crippen LogP contribution in [0.15, 0.2) is 24.3 Å². The molecule has 1 unspecified atom stereocenters. The van der Waals surface area contributed by atoms with Crippen molar-refractivity contribution >= 4 is 5.97 Å². The van der Waals surface area contributed by atoms with Crippen molar-refractivity contribution < 1.29 is 19.7 Å².